The summed E-state index contributed by atoms with van der Waals surface area (Å²) >= 11 is 3.75. The second kappa shape index (κ2) is 5.66. The minimum Gasteiger partial charge on any atom is -0.376 e. The minimum absolute atomic E-state index is 0.106. The van der Waals surface area contributed by atoms with Crippen molar-refractivity contribution in [1.29, 1.82) is 0 Å². The Morgan fingerprint density at radius 3 is 2.89 bits per heavy atom. The van der Waals surface area contributed by atoms with Crippen molar-refractivity contribution in [3.63, 3.8) is 0 Å². The van der Waals surface area contributed by atoms with Gasteiger partial charge in [-0.15, -0.1) is 11.3 Å². The molecule has 0 radical (unpaired) electrons. The Balaban J connectivity index is 2.22. The molecule has 2 aromatic heterocycles. The highest BCUT2D eigenvalue weighted by molar-refractivity contribution is 14.1. The SMILES string of the molecule is CN(C)c1ccncc1NC(=O)c1csc(I)c1. The van der Waals surface area contributed by atoms with Crippen molar-refractivity contribution in [3.8, 4) is 0 Å². The van der Waals surface area contributed by atoms with Crippen LogP contribution >= 0.6 is 33.9 Å². The van der Waals surface area contributed by atoms with Crippen LogP contribution in [0, 0.1) is 2.88 Å². The lowest BCUT2D eigenvalue weighted by Gasteiger charge is -2.16. The topological polar surface area (TPSA) is 45.2 Å². The van der Waals surface area contributed by atoms with Gasteiger partial charge < -0.3 is 10.2 Å². The predicted octanol–water partition coefficient (Wildman–Crippen LogP) is 3.07. The molecular formula is C12H12IN3OS. The van der Waals surface area contributed by atoms with Crippen LogP contribution in [0.3, 0.4) is 0 Å². The Labute approximate surface area is 123 Å². The van der Waals surface area contributed by atoms with Gasteiger partial charge >= 0.3 is 0 Å². The molecule has 4 nitrogen and oxygen atoms in total. The molecule has 2 rings (SSSR count). The maximum absolute atomic E-state index is 12.0. The molecule has 0 fully saturated rings. The van der Waals surface area contributed by atoms with E-state index >= 15 is 0 Å². The Morgan fingerprint density at radius 2 is 2.28 bits per heavy atom. The number of thiophene rings is 1. The van der Waals surface area contributed by atoms with Gasteiger partial charge in [0.1, 0.15) is 0 Å². The molecule has 0 bridgehead atoms. The second-order valence-electron chi connectivity index (χ2n) is 3.88. The number of nitrogens with zero attached hydrogens (tertiary/aromatic N) is 2. The van der Waals surface area contributed by atoms with Crippen molar-refractivity contribution < 1.29 is 4.79 Å². The van der Waals surface area contributed by atoms with Gasteiger partial charge in [-0.25, -0.2) is 0 Å². The summed E-state index contributed by atoms with van der Waals surface area (Å²) in [6, 6.07) is 3.74. The predicted molar refractivity (Wildman–Crippen MR) is 83.6 cm³/mol. The number of halogens is 1. The van der Waals surface area contributed by atoms with Crippen LogP contribution in [0.25, 0.3) is 0 Å². The molecule has 2 aromatic rings. The third-order valence-corrected chi connectivity index (χ3v) is 4.15. The number of amides is 1. The lowest BCUT2D eigenvalue weighted by molar-refractivity contribution is 0.102. The summed E-state index contributed by atoms with van der Waals surface area (Å²) in [5.41, 5.74) is 2.33. The van der Waals surface area contributed by atoms with Crippen LogP contribution in [0.15, 0.2) is 29.9 Å². The first-order valence-corrected chi connectivity index (χ1v) is 7.20. The highest BCUT2D eigenvalue weighted by atomic mass is 127. The maximum atomic E-state index is 12.0. The fourth-order valence-electron chi connectivity index (χ4n) is 1.50. The summed E-state index contributed by atoms with van der Waals surface area (Å²) in [5, 5.41) is 4.73. The molecule has 0 aliphatic carbocycles. The average molecular weight is 373 g/mol. The van der Waals surface area contributed by atoms with Gasteiger partial charge in [0.15, 0.2) is 0 Å². The molecular weight excluding hydrogens is 361 g/mol. The molecule has 18 heavy (non-hydrogen) atoms. The zero-order valence-corrected chi connectivity index (χ0v) is 12.9. The number of aromatic nitrogens is 1. The number of pyridine rings is 1. The summed E-state index contributed by atoms with van der Waals surface area (Å²) in [4.78, 5) is 18.0. The van der Waals surface area contributed by atoms with Crippen LogP contribution in [0.5, 0.6) is 0 Å². The Kier molecular flexibility index (Phi) is 4.18. The molecule has 1 N–H and O–H groups in total. The molecule has 6 heteroatoms. The summed E-state index contributed by atoms with van der Waals surface area (Å²) in [6.07, 6.45) is 3.36. The summed E-state index contributed by atoms with van der Waals surface area (Å²) in [5.74, 6) is -0.106. The zero-order chi connectivity index (χ0) is 13.1. The van der Waals surface area contributed by atoms with E-state index < -0.39 is 0 Å². The monoisotopic (exact) mass is 373 g/mol. The highest BCUT2D eigenvalue weighted by Crippen LogP contribution is 2.24. The van der Waals surface area contributed by atoms with Crippen molar-refractivity contribution in [2.45, 2.75) is 0 Å². The molecule has 0 aliphatic heterocycles. The van der Waals surface area contributed by atoms with Crippen LogP contribution in [0.1, 0.15) is 10.4 Å². The first-order valence-electron chi connectivity index (χ1n) is 5.24. The van der Waals surface area contributed by atoms with Gasteiger partial charge in [0.25, 0.3) is 5.91 Å². The Bertz CT molecular complexity index is 568. The van der Waals surface area contributed by atoms with Gasteiger partial charge in [0.2, 0.25) is 0 Å². The normalized spacial score (nSPS) is 10.2. The number of nitrogens with one attached hydrogen (secondary N) is 1. The quantitative estimate of drug-likeness (QED) is 0.842. The lowest BCUT2D eigenvalue weighted by atomic mass is 10.3. The largest absolute Gasteiger partial charge is 0.376 e. The average Bonchev–Trinajstić information content (AvgIpc) is 2.76. The summed E-state index contributed by atoms with van der Waals surface area (Å²) in [6.45, 7) is 0. The van der Waals surface area contributed by atoms with Crippen molar-refractivity contribution in [3.05, 3.63) is 38.4 Å². The van der Waals surface area contributed by atoms with E-state index in [1.54, 1.807) is 23.7 Å². The van der Waals surface area contributed by atoms with Crippen LogP contribution in [0.4, 0.5) is 11.4 Å². The number of hydrogen-bond donors (Lipinski definition) is 1. The van der Waals surface area contributed by atoms with E-state index in [2.05, 4.69) is 32.9 Å². The van der Waals surface area contributed by atoms with Crippen LogP contribution in [-0.2, 0) is 0 Å². The second-order valence-corrected chi connectivity index (χ2v) is 6.69. The Hall–Kier alpha value is -1.15. The van der Waals surface area contributed by atoms with Gasteiger partial charge in [-0.05, 0) is 34.7 Å². The van der Waals surface area contributed by atoms with Crippen LogP contribution < -0.4 is 10.2 Å². The number of hydrogen-bond acceptors (Lipinski definition) is 4. The van der Waals surface area contributed by atoms with Crippen molar-refractivity contribution in [2.75, 3.05) is 24.3 Å². The fraction of sp³-hybridized carbons (Fsp3) is 0.167. The van der Waals surface area contributed by atoms with E-state index in [0.29, 0.717) is 11.3 Å². The summed E-state index contributed by atoms with van der Waals surface area (Å²) in [7, 11) is 3.86. The first-order chi connectivity index (χ1) is 8.58. The number of carbonyl (C=O) groups is 1. The standard InChI is InChI=1S/C12H12IN3OS/c1-16(2)10-3-4-14-6-9(10)15-12(17)8-5-11(13)18-7-8/h3-7H,1-2H3,(H,15,17). The molecule has 2 heterocycles. The van der Waals surface area contributed by atoms with E-state index in [1.807, 2.05) is 36.5 Å². The van der Waals surface area contributed by atoms with E-state index in [-0.39, 0.29) is 5.91 Å². The van der Waals surface area contributed by atoms with E-state index in [0.717, 1.165) is 8.57 Å². The maximum Gasteiger partial charge on any atom is 0.256 e. The number of anilines is 2. The fourth-order valence-corrected chi connectivity index (χ4v) is 2.82. The van der Waals surface area contributed by atoms with Crippen LogP contribution in [0.2, 0.25) is 0 Å². The summed E-state index contributed by atoms with van der Waals surface area (Å²) < 4.78 is 1.09. The number of carbonyl (C=O) groups excluding carboxylic acids is 1. The molecule has 0 aromatic carbocycles. The minimum atomic E-state index is -0.106. The molecule has 0 spiro atoms. The molecule has 1 amide bonds. The van der Waals surface area contributed by atoms with Crippen molar-refractivity contribution in [1.82, 2.24) is 4.98 Å². The number of rotatable bonds is 3. The van der Waals surface area contributed by atoms with Gasteiger partial charge in [0, 0.05) is 25.7 Å². The molecule has 94 valence electrons. The van der Waals surface area contributed by atoms with Crippen LogP contribution in [-0.4, -0.2) is 25.0 Å². The molecule has 0 unspecified atom stereocenters. The molecule has 0 aliphatic rings. The molecule has 0 atom stereocenters. The van der Waals surface area contributed by atoms with Gasteiger partial charge in [-0.3, -0.25) is 9.78 Å². The molecule has 0 saturated carbocycles. The van der Waals surface area contributed by atoms with E-state index in [9.17, 15) is 4.79 Å². The zero-order valence-electron chi connectivity index (χ0n) is 9.98. The smallest absolute Gasteiger partial charge is 0.256 e. The third-order valence-electron chi connectivity index (χ3n) is 2.36. The van der Waals surface area contributed by atoms with Crippen molar-refractivity contribution in [2.24, 2.45) is 0 Å². The van der Waals surface area contributed by atoms with E-state index in [1.165, 1.54) is 0 Å². The van der Waals surface area contributed by atoms with Crippen molar-refractivity contribution >= 4 is 51.2 Å². The Morgan fingerprint density at radius 1 is 1.50 bits per heavy atom. The highest BCUT2D eigenvalue weighted by Gasteiger charge is 2.11. The molecule has 0 saturated heterocycles. The lowest BCUT2D eigenvalue weighted by Crippen LogP contribution is -2.16. The third kappa shape index (κ3) is 2.99. The first kappa shape index (κ1) is 13.3. The van der Waals surface area contributed by atoms with E-state index in [4.69, 9.17) is 0 Å². The van der Waals surface area contributed by atoms with Gasteiger partial charge in [-0.2, -0.15) is 0 Å². The van der Waals surface area contributed by atoms with Gasteiger partial charge in [-0.1, -0.05) is 0 Å². The van der Waals surface area contributed by atoms with Gasteiger partial charge in [0.05, 0.1) is 26.0 Å².